The number of benzene rings is 1. The Labute approximate surface area is 125 Å². The fraction of sp³-hybridized carbons (Fsp3) is 0.438. The van der Waals surface area contributed by atoms with E-state index in [9.17, 15) is 0 Å². The number of methoxy groups -OCH3 is 1. The number of aromatic nitrogens is 1. The van der Waals surface area contributed by atoms with Crippen LogP contribution < -0.4 is 10.1 Å². The first-order valence-electron chi connectivity index (χ1n) is 7.02. The summed E-state index contributed by atoms with van der Waals surface area (Å²) in [6, 6.07) is 8.16. The summed E-state index contributed by atoms with van der Waals surface area (Å²) in [5.74, 6) is 0.940. The van der Waals surface area contributed by atoms with Gasteiger partial charge in [-0.15, -0.1) is 11.3 Å². The molecule has 2 aromatic rings. The van der Waals surface area contributed by atoms with Gasteiger partial charge in [-0.3, -0.25) is 0 Å². The third-order valence-electron chi connectivity index (χ3n) is 3.18. The van der Waals surface area contributed by atoms with Crippen LogP contribution in [0.1, 0.15) is 34.5 Å². The van der Waals surface area contributed by atoms with Crippen molar-refractivity contribution in [2.24, 2.45) is 0 Å². The summed E-state index contributed by atoms with van der Waals surface area (Å²) in [5.41, 5.74) is 2.44. The molecule has 3 nitrogen and oxygen atoms in total. The average molecular weight is 290 g/mol. The van der Waals surface area contributed by atoms with Crippen LogP contribution in [0.25, 0.3) is 0 Å². The normalized spacial score (nSPS) is 10.8. The zero-order chi connectivity index (χ0) is 14.4. The van der Waals surface area contributed by atoms with Crippen molar-refractivity contribution in [2.45, 2.75) is 32.7 Å². The predicted octanol–water partition coefficient (Wildman–Crippen LogP) is 3.41. The van der Waals surface area contributed by atoms with Crippen molar-refractivity contribution >= 4 is 11.3 Å². The third kappa shape index (κ3) is 3.58. The SMILES string of the molecule is CCCc1nc(Cc2ccccc2OC)sc1CNC. The number of hydrogen-bond acceptors (Lipinski definition) is 4. The van der Waals surface area contributed by atoms with Gasteiger partial charge >= 0.3 is 0 Å². The van der Waals surface area contributed by atoms with Crippen molar-refractivity contribution in [2.75, 3.05) is 14.2 Å². The second-order valence-electron chi connectivity index (χ2n) is 4.75. The summed E-state index contributed by atoms with van der Waals surface area (Å²) < 4.78 is 5.41. The van der Waals surface area contributed by atoms with Crippen LogP contribution in [-0.2, 0) is 19.4 Å². The number of para-hydroxylation sites is 1. The second kappa shape index (κ2) is 7.41. The van der Waals surface area contributed by atoms with Gasteiger partial charge in [0.05, 0.1) is 17.8 Å². The van der Waals surface area contributed by atoms with Gasteiger partial charge in [-0.1, -0.05) is 31.5 Å². The number of aryl methyl sites for hydroxylation is 1. The minimum absolute atomic E-state index is 0.842. The molecule has 20 heavy (non-hydrogen) atoms. The summed E-state index contributed by atoms with van der Waals surface area (Å²) in [4.78, 5) is 6.17. The van der Waals surface area contributed by atoms with E-state index in [-0.39, 0.29) is 0 Å². The van der Waals surface area contributed by atoms with Crippen molar-refractivity contribution in [3.8, 4) is 5.75 Å². The van der Waals surface area contributed by atoms with E-state index in [4.69, 9.17) is 9.72 Å². The smallest absolute Gasteiger partial charge is 0.122 e. The van der Waals surface area contributed by atoms with Crippen LogP contribution in [0.4, 0.5) is 0 Å². The maximum Gasteiger partial charge on any atom is 0.122 e. The highest BCUT2D eigenvalue weighted by atomic mass is 32.1. The fourth-order valence-corrected chi connectivity index (χ4v) is 3.41. The van der Waals surface area contributed by atoms with Crippen LogP contribution >= 0.6 is 11.3 Å². The number of nitrogens with zero attached hydrogens (tertiary/aromatic N) is 1. The van der Waals surface area contributed by atoms with Gasteiger partial charge in [0.25, 0.3) is 0 Å². The highest BCUT2D eigenvalue weighted by molar-refractivity contribution is 7.11. The highest BCUT2D eigenvalue weighted by Gasteiger charge is 2.12. The summed E-state index contributed by atoms with van der Waals surface area (Å²) in [5, 5.41) is 4.40. The Hall–Kier alpha value is -1.39. The fourth-order valence-electron chi connectivity index (χ4n) is 2.26. The van der Waals surface area contributed by atoms with E-state index in [1.165, 1.54) is 21.1 Å². The molecule has 0 aliphatic rings. The number of ether oxygens (including phenoxy) is 1. The lowest BCUT2D eigenvalue weighted by Gasteiger charge is -2.05. The minimum atomic E-state index is 0.842. The Kier molecular flexibility index (Phi) is 5.56. The van der Waals surface area contributed by atoms with E-state index < -0.39 is 0 Å². The van der Waals surface area contributed by atoms with Crippen LogP contribution in [0.5, 0.6) is 5.75 Å². The summed E-state index contributed by atoms with van der Waals surface area (Å²) in [7, 11) is 3.70. The van der Waals surface area contributed by atoms with Crippen LogP contribution in [0.2, 0.25) is 0 Å². The molecule has 0 saturated carbocycles. The van der Waals surface area contributed by atoms with E-state index in [0.717, 1.165) is 31.6 Å². The maximum absolute atomic E-state index is 5.41. The van der Waals surface area contributed by atoms with Crippen LogP contribution in [0.3, 0.4) is 0 Å². The third-order valence-corrected chi connectivity index (χ3v) is 4.28. The minimum Gasteiger partial charge on any atom is -0.496 e. The van der Waals surface area contributed by atoms with Crippen LogP contribution in [-0.4, -0.2) is 19.1 Å². The lowest BCUT2D eigenvalue weighted by atomic mass is 10.1. The molecule has 1 aromatic heterocycles. The summed E-state index contributed by atoms with van der Waals surface area (Å²) in [6.45, 7) is 3.10. The molecule has 0 unspecified atom stereocenters. The lowest BCUT2D eigenvalue weighted by Crippen LogP contribution is -2.05. The molecule has 0 bridgehead atoms. The number of hydrogen-bond donors (Lipinski definition) is 1. The molecular weight excluding hydrogens is 268 g/mol. The van der Waals surface area contributed by atoms with E-state index in [1.54, 1.807) is 7.11 Å². The largest absolute Gasteiger partial charge is 0.496 e. The Balaban J connectivity index is 2.22. The standard InChI is InChI=1S/C16H22N2OS/c1-4-7-13-15(11-17-2)20-16(18-13)10-12-8-5-6-9-14(12)19-3/h5-6,8-9,17H,4,7,10-11H2,1-3H3. The quantitative estimate of drug-likeness (QED) is 0.848. The van der Waals surface area contributed by atoms with Gasteiger partial charge in [0.1, 0.15) is 5.75 Å². The second-order valence-corrected chi connectivity index (χ2v) is 5.91. The Morgan fingerprint density at radius 2 is 2.10 bits per heavy atom. The molecular formula is C16H22N2OS. The molecule has 0 aliphatic heterocycles. The number of rotatable bonds is 7. The molecule has 0 saturated heterocycles. The first-order valence-corrected chi connectivity index (χ1v) is 7.84. The van der Waals surface area contributed by atoms with E-state index >= 15 is 0 Å². The van der Waals surface area contributed by atoms with Gasteiger partial charge in [-0.25, -0.2) is 4.98 Å². The lowest BCUT2D eigenvalue weighted by molar-refractivity contribution is 0.410. The molecule has 0 radical (unpaired) electrons. The molecule has 0 amide bonds. The van der Waals surface area contributed by atoms with Gasteiger partial charge in [-0.2, -0.15) is 0 Å². The molecule has 4 heteroatoms. The molecule has 1 aromatic carbocycles. The van der Waals surface area contributed by atoms with E-state index in [2.05, 4.69) is 18.3 Å². The van der Waals surface area contributed by atoms with Crippen molar-refractivity contribution in [1.29, 1.82) is 0 Å². The van der Waals surface area contributed by atoms with Gasteiger partial charge in [0.2, 0.25) is 0 Å². The van der Waals surface area contributed by atoms with Crippen molar-refractivity contribution < 1.29 is 4.74 Å². The zero-order valence-corrected chi connectivity index (χ0v) is 13.2. The summed E-state index contributed by atoms with van der Waals surface area (Å²) in [6.07, 6.45) is 3.03. The van der Waals surface area contributed by atoms with E-state index in [0.29, 0.717) is 0 Å². The van der Waals surface area contributed by atoms with Gasteiger partial charge in [0, 0.05) is 23.4 Å². The molecule has 0 spiro atoms. The van der Waals surface area contributed by atoms with Crippen molar-refractivity contribution in [1.82, 2.24) is 10.3 Å². The Morgan fingerprint density at radius 3 is 2.80 bits per heavy atom. The topological polar surface area (TPSA) is 34.1 Å². The van der Waals surface area contributed by atoms with Crippen molar-refractivity contribution in [3.05, 3.63) is 45.4 Å². The van der Waals surface area contributed by atoms with Crippen LogP contribution in [0, 0.1) is 0 Å². The first-order chi connectivity index (χ1) is 9.78. The molecule has 108 valence electrons. The average Bonchev–Trinajstić information content (AvgIpc) is 2.82. The predicted molar refractivity (Wildman–Crippen MR) is 84.7 cm³/mol. The van der Waals surface area contributed by atoms with Gasteiger partial charge < -0.3 is 10.1 Å². The monoisotopic (exact) mass is 290 g/mol. The molecule has 0 fully saturated rings. The number of nitrogens with one attached hydrogen (secondary N) is 1. The van der Waals surface area contributed by atoms with Gasteiger partial charge in [0.15, 0.2) is 0 Å². The molecule has 2 rings (SSSR count). The highest BCUT2D eigenvalue weighted by Crippen LogP contribution is 2.26. The Bertz CT molecular complexity index is 528. The molecule has 0 atom stereocenters. The first kappa shape index (κ1) is 15.0. The van der Waals surface area contributed by atoms with Gasteiger partial charge in [-0.05, 0) is 19.5 Å². The zero-order valence-electron chi connectivity index (χ0n) is 12.4. The summed E-state index contributed by atoms with van der Waals surface area (Å²) >= 11 is 1.81. The van der Waals surface area contributed by atoms with E-state index in [1.807, 2.05) is 36.6 Å². The number of thiazole rings is 1. The maximum atomic E-state index is 5.41. The van der Waals surface area contributed by atoms with Crippen LogP contribution in [0.15, 0.2) is 24.3 Å². The van der Waals surface area contributed by atoms with Crippen molar-refractivity contribution in [3.63, 3.8) is 0 Å². The Morgan fingerprint density at radius 1 is 1.30 bits per heavy atom. The molecule has 1 heterocycles. The molecule has 1 N–H and O–H groups in total. The molecule has 0 aliphatic carbocycles.